The zero-order valence-electron chi connectivity index (χ0n) is 21.9. The summed E-state index contributed by atoms with van der Waals surface area (Å²) in [5.74, 6) is 0.404. The fraction of sp³-hybridized carbons (Fsp3) is 0.167. The maximum absolute atomic E-state index is 14.6. The minimum absolute atomic E-state index is 0.293. The number of pyridine rings is 2. The topological polar surface area (TPSA) is 94.8 Å². The van der Waals surface area contributed by atoms with Crippen LogP contribution in [0.15, 0.2) is 73.2 Å². The quantitative estimate of drug-likeness (QED) is 0.229. The molecular weight excluding hydrogens is 493 g/mol. The van der Waals surface area contributed by atoms with Crippen LogP contribution >= 0.6 is 0 Å². The Hall–Kier alpha value is -4.76. The molecule has 0 fully saturated rings. The van der Waals surface area contributed by atoms with Crippen molar-refractivity contribution in [2.45, 2.75) is 0 Å². The summed E-state index contributed by atoms with van der Waals surface area (Å²) in [5, 5.41) is 12.9. The zero-order chi connectivity index (χ0) is 26.9. The van der Waals surface area contributed by atoms with E-state index in [2.05, 4.69) is 41.4 Å². The Bertz CT molecular complexity index is 1790. The van der Waals surface area contributed by atoms with E-state index in [0.29, 0.717) is 11.4 Å². The smallest absolute Gasteiger partial charge is 0.138 e. The van der Waals surface area contributed by atoms with Gasteiger partial charge in [-0.25, -0.2) is 9.37 Å². The van der Waals surface area contributed by atoms with Crippen LogP contribution in [-0.2, 0) is 0 Å². The van der Waals surface area contributed by atoms with Gasteiger partial charge in [0.15, 0.2) is 0 Å². The summed E-state index contributed by atoms with van der Waals surface area (Å²) in [7, 11) is 5.65. The van der Waals surface area contributed by atoms with Crippen molar-refractivity contribution < 1.29 is 9.13 Å². The molecule has 0 saturated heterocycles. The first-order valence-corrected chi connectivity index (χ1v) is 12.6. The second-order valence-electron chi connectivity index (χ2n) is 9.71. The molecule has 8 nitrogen and oxygen atoms in total. The number of aromatic amines is 2. The molecule has 2 aromatic carbocycles. The van der Waals surface area contributed by atoms with Crippen LogP contribution in [0.4, 0.5) is 10.1 Å². The van der Waals surface area contributed by atoms with E-state index in [1.54, 1.807) is 25.6 Å². The fourth-order valence-electron chi connectivity index (χ4n) is 4.76. The molecule has 0 aliphatic carbocycles. The molecule has 0 atom stereocenters. The number of rotatable bonds is 8. The molecule has 0 saturated carbocycles. The zero-order valence-corrected chi connectivity index (χ0v) is 21.9. The average molecular weight is 522 g/mol. The van der Waals surface area contributed by atoms with E-state index in [9.17, 15) is 4.39 Å². The highest BCUT2D eigenvalue weighted by Gasteiger charge is 2.16. The lowest BCUT2D eigenvalue weighted by Gasteiger charge is -2.13. The number of benzene rings is 2. The summed E-state index contributed by atoms with van der Waals surface area (Å²) in [6, 6.07) is 17.1. The Morgan fingerprint density at radius 3 is 2.69 bits per heavy atom. The predicted molar refractivity (Wildman–Crippen MR) is 153 cm³/mol. The van der Waals surface area contributed by atoms with E-state index >= 15 is 0 Å². The first-order valence-electron chi connectivity index (χ1n) is 12.6. The highest BCUT2D eigenvalue weighted by atomic mass is 19.1. The van der Waals surface area contributed by atoms with Crippen molar-refractivity contribution in [2.24, 2.45) is 0 Å². The van der Waals surface area contributed by atoms with Gasteiger partial charge in [-0.2, -0.15) is 5.10 Å². The summed E-state index contributed by atoms with van der Waals surface area (Å²) in [6.07, 6.45) is 5.23. The highest BCUT2D eigenvalue weighted by molar-refractivity contribution is 6.00. The lowest BCUT2D eigenvalue weighted by atomic mass is 10.0. The van der Waals surface area contributed by atoms with Crippen molar-refractivity contribution in [2.75, 3.05) is 39.6 Å². The number of ether oxygens (including phenoxy) is 1. The van der Waals surface area contributed by atoms with Crippen LogP contribution in [-0.4, -0.2) is 64.3 Å². The molecule has 0 spiro atoms. The van der Waals surface area contributed by atoms with Gasteiger partial charge in [0.1, 0.15) is 22.9 Å². The maximum atomic E-state index is 14.6. The van der Waals surface area contributed by atoms with E-state index < -0.39 is 0 Å². The van der Waals surface area contributed by atoms with E-state index in [1.165, 1.54) is 6.07 Å². The molecule has 0 amide bonds. The molecule has 0 unspecified atom stereocenters. The minimum Gasteiger partial charge on any atom is -0.495 e. The number of methoxy groups -OCH3 is 1. The standard InChI is InChI=1S/C30H28FN7O/c1-38(2)9-8-33-22-11-19(10-21(31)14-22)24-6-7-34-30-25(24)15-28(35-30)29-26-13-18(4-5-27(26)36-37-29)20-12-23(39-3)17-32-16-20/h4-7,10-17,33H,8-9H2,1-3H3,(H,34,35)(H,36,37). The number of anilines is 1. The minimum atomic E-state index is -0.293. The molecule has 0 radical (unpaired) electrons. The van der Waals surface area contributed by atoms with Crippen molar-refractivity contribution in [3.8, 4) is 39.4 Å². The molecule has 4 heterocycles. The predicted octanol–water partition coefficient (Wildman–Crippen LogP) is 5.96. The molecule has 0 bridgehead atoms. The molecule has 3 N–H and O–H groups in total. The molecule has 6 rings (SSSR count). The van der Waals surface area contributed by atoms with Crippen LogP contribution in [0.25, 0.3) is 55.6 Å². The van der Waals surface area contributed by atoms with Crippen LogP contribution in [0.5, 0.6) is 5.75 Å². The lowest BCUT2D eigenvalue weighted by molar-refractivity contribution is 0.413. The van der Waals surface area contributed by atoms with E-state index in [0.717, 1.165) is 68.7 Å². The fourth-order valence-corrected chi connectivity index (χ4v) is 4.76. The Labute approximate surface area is 224 Å². The monoisotopic (exact) mass is 521 g/mol. The summed E-state index contributed by atoms with van der Waals surface area (Å²) < 4.78 is 20.0. The van der Waals surface area contributed by atoms with Gasteiger partial charge >= 0.3 is 0 Å². The molecule has 9 heteroatoms. The van der Waals surface area contributed by atoms with E-state index in [-0.39, 0.29) is 5.82 Å². The third-order valence-corrected chi connectivity index (χ3v) is 6.73. The Kier molecular flexibility index (Phi) is 6.42. The third-order valence-electron chi connectivity index (χ3n) is 6.73. The number of likely N-dealkylation sites (N-methyl/N-ethyl adjacent to an activating group) is 1. The van der Waals surface area contributed by atoms with Gasteiger partial charge in [-0.05, 0) is 79.3 Å². The number of aromatic nitrogens is 5. The summed E-state index contributed by atoms with van der Waals surface area (Å²) in [5.41, 5.74) is 7.57. The normalized spacial score (nSPS) is 11.5. The SMILES string of the molecule is COc1cncc(-c2ccc3[nH]nc(-c4cc5c(-c6cc(F)cc(NCCN(C)C)c6)ccnc5[nH]4)c3c2)c1. The van der Waals surface area contributed by atoms with E-state index in [4.69, 9.17) is 4.74 Å². The summed E-state index contributed by atoms with van der Waals surface area (Å²) in [6.45, 7) is 1.57. The number of nitrogens with zero attached hydrogens (tertiary/aromatic N) is 4. The number of H-pyrrole nitrogens is 2. The molecule has 39 heavy (non-hydrogen) atoms. The van der Waals surface area contributed by atoms with Gasteiger partial charge in [0, 0.05) is 47.5 Å². The Morgan fingerprint density at radius 1 is 0.949 bits per heavy atom. The molecule has 0 aliphatic rings. The summed E-state index contributed by atoms with van der Waals surface area (Å²) >= 11 is 0. The molecule has 0 aliphatic heterocycles. The molecule has 6 aromatic rings. The van der Waals surface area contributed by atoms with Gasteiger partial charge in [0.2, 0.25) is 0 Å². The van der Waals surface area contributed by atoms with Gasteiger partial charge < -0.3 is 19.9 Å². The third kappa shape index (κ3) is 4.92. The van der Waals surface area contributed by atoms with Crippen molar-refractivity contribution in [1.82, 2.24) is 30.0 Å². The second kappa shape index (κ2) is 10.2. The number of nitrogens with one attached hydrogen (secondary N) is 3. The molecule has 4 aromatic heterocycles. The number of halogens is 1. The Balaban J connectivity index is 1.40. The van der Waals surface area contributed by atoms with Gasteiger partial charge in [0.25, 0.3) is 0 Å². The number of hydrogen-bond acceptors (Lipinski definition) is 6. The lowest BCUT2D eigenvalue weighted by Crippen LogP contribution is -2.20. The average Bonchev–Trinajstić information content (AvgIpc) is 3.56. The Morgan fingerprint density at radius 2 is 1.85 bits per heavy atom. The van der Waals surface area contributed by atoms with Gasteiger partial charge in [-0.15, -0.1) is 0 Å². The van der Waals surface area contributed by atoms with Crippen LogP contribution in [0.1, 0.15) is 0 Å². The first kappa shape index (κ1) is 24.6. The molecular formula is C30H28FN7O. The van der Waals surface area contributed by atoms with Crippen LogP contribution in [0, 0.1) is 5.82 Å². The van der Waals surface area contributed by atoms with Crippen LogP contribution < -0.4 is 10.1 Å². The van der Waals surface area contributed by atoms with Crippen molar-refractivity contribution in [3.05, 3.63) is 79.0 Å². The summed E-state index contributed by atoms with van der Waals surface area (Å²) in [4.78, 5) is 14.3. The van der Waals surface area contributed by atoms with Gasteiger partial charge in [0.05, 0.1) is 24.5 Å². The maximum Gasteiger partial charge on any atom is 0.138 e. The van der Waals surface area contributed by atoms with Gasteiger partial charge in [-0.3, -0.25) is 10.1 Å². The number of hydrogen-bond donors (Lipinski definition) is 3. The van der Waals surface area contributed by atoms with Crippen molar-refractivity contribution in [3.63, 3.8) is 0 Å². The van der Waals surface area contributed by atoms with Gasteiger partial charge in [-0.1, -0.05) is 6.07 Å². The van der Waals surface area contributed by atoms with E-state index in [1.807, 2.05) is 56.7 Å². The highest BCUT2D eigenvalue weighted by Crippen LogP contribution is 2.35. The van der Waals surface area contributed by atoms with Crippen LogP contribution in [0.3, 0.4) is 0 Å². The number of fused-ring (bicyclic) bond motifs is 2. The van der Waals surface area contributed by atoms with Crippen molar-refractivity contribution >= 4 is 27.6 Å². The van der Waals surface area contributed by atoms with Crippen LogP contribution in [0.2, 0.25) is 0 Å². The van der Waals surface area contributed by atoms with Crippen molar-refractivity contribution in [1.29, 1.82) is 0 Å². The molecule has 196 valence electrons. The largest absolute Gasteiger partial charge is 0.495 e. The second-order valence-corrected chi connectivity index (χ2v) is 9.71. The first-order chi connectivity index (χ1) is 19.0.